The van der Waals surface area contributed by atoms with Crippen LogP contribution in [-0.4, -0.2) is 17.0 Å². The lowest BCUT2D eigenvalue weighted by atomic mass is 10.1. The fourth-order valence-corrected chi connectivity index (χ4v) is 2.17. The molecule has 0 aliphatic heterocycles. The van der Waals surface area contributed by atoms with E-state index in [9.17, 15) is 14.4 Å². The van der Waals surface area contributed by atoms with Crippen molar-refractivity contribution in [3.8, 4) is 0 Å². The van der Waals surface area contributed by atoms with E-state index in [1.165, 1.54) is 6.07 Å². The van der Waals surface area contributed by atoms with E-state index in [2.05, 4.69) is 6.92 Å². The minimum Gasteiger partial charge on any atom is -0.477 e. The zero-order valence-electron chi connectivity index (χ0n) is 12.8. The molecular formula is C17H18O6. The van der Waals surface area contributed by atoms with Crippen molar-refractivity contribution < 1.29 is 23.8 Å². The summed E-state index contributed by atoms with van der Waals surface area (Å²) in [6.45, 7) is 2.16. The van der Waals surface area contributed by atoms with Crippen molar-refractivity contribution in [2.24, 2.45) is 0 Å². The molecule has 0 aliphatic rings. The van der Waals surface area contributed by atoms with Gasteiger partial charge in [-0.25, -0.2) is 9.59 Å². The number of carboxylic acids is 1. The van der Waals surface area contributed by atoms with Gasteiger partial charge in [-0.2, -0.15) is 0 Å². The molecule has 1 aromatic carbocycles. The average molecular weight is 318 g/mol. The van der Waals surface area contributed by atoms with E-state index < -0.39 is 17.2 Å². The Bertz CT molecular complexity index is 774. The fourth-order valence-electron chi connectivity index (χ4n) is 2.17. The molecule has 2 rings (SSSR count). The van der Waals surface area contributed by atoms with Gasteiger partial charge in [0.2, 0.25) is 0 Å². The first-order valence-corrected chi connectivity index (χ1v) is 7.47. The van der Waals surface area contributed by atoms with Gasteiger partial charge in [-0.1, -0.05) is 25.8 Å². The fraction of sp³-hybridized carbons (Fsp3) is 0.353. The second-order valence-electron chi connectivity index (χ2n) is 5.24. The zero-order valence-corrected chi connectivity index (χ0v) is 12.8. The largest absolute Gasteiger partial charge is 0.477 e. The summed E-state index contributed by atoms with van der Waals surface area (Å²) in [5, 5.41) is 9.42. The number of benzene rings is 1. The van der Waals surface area contributed by atoms with Crippen molar-refractivity contribution in [1.82, 2.24) is 0 Å². The van der Waals surface area contributed by atoms with E-state index in [0.29, 0.717) is 17.4 Å². The van der Waals surface area contributed by atoms with Gasteiger partial charge in [-0.15, -0.1) is 0 Å². The van der Waals surface area contributed by atoms with E-state index in [1.54, 1.807) is 18.2 Å². The number of hydrogen-bond donors (Lipinski definition) is 1. The average Bonchev–Trinajstić information content (AvgIpc) is 2.52. The molecule has 0 unspecified atom stereocenters. The summed E-state index contributed by atoms with van der Waals surface area (Å²) in [4.78, 5) is 34.0. The van der Waals surface area contributed by atoms with Crippen molar-refractivity contribution in [2.75, 3.05) is 0 Å². The topological polar surface area (TPSA) is 93.8 Å². The van der Waals surface area contributed by atoms with Gasteiger partial charge in [0, 0.05) is 11.8 Å². The number of carbonyl (C=O) groups excluding carboxylic acids is 1. The van der Waals surface area contributed by atoms with Gasteiger partial charge in [0.25, 0.3) is 0 Å². The number of hydrogen-bond acceptors (Lipinski definition) is 5. The highest BCUT2D eigenvalue weighted by Crippen LogP contribution is 2.17. The molecule has 0 radical (unpaired) electrons. The molecule has 1 N–H and O–H groups in total. The van der Waals surface area contributed by atoms with Gasteiger partial charge in [-0.3, -0.25) is 4.79 Å². The Kier molecular flexibility index (Phi) is 5.51. The standard InChI is InChI=1S/C17H18O6/c1-2-3-4-5-15(18)22-10-11-6-7-14-12(8-11)9-13(16(19)20)17(21)23-14/h6-9H,2-5,10H2,1H3,(H,19,20). The zero-order chi connectivity index (χ0) is 16.8. The molecular weight excluding hydrogens is 300 g/mol. The molecule has 0 aliphatic carbocycles. The molecule has 6 nitrogen and oxygen atoms in total. The molecule has 0 spiro atoms. The summed E-state index contributed by atoms with van der Waals surface area (Å²) in [6, 6.07) is 6.13. The number of fused-ring (bicyclic) bond motifs is 1. The van der Waals surface area contributed by atoms with Crippen LogP contribution in [-0.2, 0) is 16.1 Å². The highest BCUT2D eigenvalue weighted by Gasteiger charge is 2.12. The molecule has 6 heteroatoms. The van der Waals surface area contributed by atoms with E-state index in [0.717, 1.165) is 19.3 Å². The second kappa shape index (κ2) is 7.58. The molecule has 0 saturated heterocycles. The van der Waals surface area contributed by atoms with E-state index >= 15 is 0 Å². The number of aromatic carboxylic acids is 1. The van der Waals surface area contributed by atoms with Gasteiger partial charge >= 0.3 is 17.6 Å². The molecule has 0 atom stereocenters. The van der Waals surface area contributed by atoms with Crippen molar-refractivity contribution in [2.45, 2.75) is 39.2 Å². The summed E-state index contributed by atoms with van der Waals surface area (Å²) in [6.07, 6.45) is 3.22. The summed E-state index contributed by atoms with van der Waals surface area (Å²) < 4.78 is 10.1. The molecule has 23 heavy (non-hydrogen) atoms. The third-order valence-electron chi connectivity index (χ3n) is 3.41. The third-order valence-corrected chi connectivity index (χ3v) is 3.41. The van der Waals surface area contributed by atoms with Gasteiger partial charge in [0.15, 0.2) is 0 Å². The first kappa shape index (κ1) is 16.7. The maximum atomic E-state index is 11.6. The molecule has 0 amide bonds. The van der Waals surface area contributed by atoms with E-state index in [1.807, 2.05) is 0 Å². The van der Waals surface area contributed by atoms with Gasteiger partial charge in [-0.05, 0) is 30.2 Å². The van der Waals surface area contributed by atoms with Crippen LogP contribution in [0.2, 0.25) is 0 Å². The van der Waals surface area contributed by atoms with Crippen LogP contribution in [0.4, 0.5) is 0 Å². The van der Waals surface area contributed by atoms with Crippen LogP contribution in [0.1, 0.15) is 48.5 Å². The first-order valence-electron chi connectivity index (χ1n) is 7.47. The number of carboxylic acid groups (broad SMARTS) is 1. The summed E-state index contributed by atoms with van der Waals surface area (Å²) in [5.41, 5.74) is -0.323. The Labute approximate surface area is 132 Å². The van der Waals surface area contributed by atoms with Crippen molar-refractivity contribution in [3.63, 3.8) is 0 Å². The predicted molar refractivity (Wildman–Crippen MR) is 83.4 cm³/mol. The molecule has 0 saturated carbocycles. The van der Waals surface area contributed by atoms with Crippen LogP contribution in [0.25, 0.3) is 11.0 Å². The van der Waals surface area contributed by atoms with Crippen LogP contribution in [0, 0.1) is 0 Å². The lowest BCUT2D eigenvalue weighted by Crippen LogP contribution is -2.12. The minimum atomic E-state index is -1.34. The van der Waals surface area contributed by atoms with Crippen LogP contribution in [0.15, 0.2) is 33.5 Å². The van der Waals surface area contributed by atoms with Crippen LogP contribution < -0.4 is 5.63 Å². The maximum absolute atomic E-state index is 11.6. The number of rotatable bonds is 7. The third kappa shape index (κ3) is 4.42. The van der Waals surface area contributed by atoms with Crippen molar-refractivity contribution >= 4 is 22.9 Å². The highest BCUT2D eigenvalue weighted by atomic mass is 16.5. The molecule has 0 fully saturated rings. The molecule has 2 aromatic rings. The quantitative estimate of drug-likeness (QED) is 0.479. The van der Waals surface area contributed by atoms with E-state index in [-0.39, 0.29) is 18.2 Å². The summed E-state index contributed by atoms with van der Waals surface area (Å²) >= 11 is 0. The highest BCUT2D eigenvalue weighted by molar-refractivity contribution is 5.91. The van der Waals surface area contributed by atoms with Crippen molar-refractivity contribution in [3.05, 3.63) is 45.8 Å². The Morgan fingerprint density at radius 3 is 2.70 bits per heavy atom. The lowest BCUT2D eigenvalue weighted by Gasteiger charge is -2.06. The van der Waals surface area contributed by atoms with Crippen LogP contribution in [0.5, 0.6) is 0 Å². The monoisotopic (exact) mass is 318 g/mol. The van der Waals surface area contributed by atoms with Crippen molar-refractivity contribution in [1.29, 1.82) is 0 Å². The second-order valence-corrected chi connectivity index (χ2v) is 5.24. The Morgan fingerprint density at radius 2 is 2.00 bits per heavy atom. The van der Waals surface area contributed by atoms with E-state index in [4.69, 9.17) is 14.3 Å². The van der Waals surface area contributed by atoms with Crippen LogP contribution in [0.3, 0.4) is 0 Å². The van der Waals surface area contributed by atoms with Gasteiger partial charge < -0.3 is 14.3 Å². The van der Waals surface area contributed by atoms with Gasteiger partial charge in [0.05, 0.1) is 0 Å². The predicted octanol–water partition coefficient (Wildman–Crippen LogP) is 3.11. The van der Waals surface area contributed by atoms with Crippen LogP contribution >= 0.6 is 0 Å². The normalized spacial score (nSPS) is 10.7. The summed E-state index contributed by atoms with van der Waals surface area (Å²) in [7, 11) is 0. The number of unbranched alkanes of at least 4 members (excludes halogenated alkanes) is 2. The SMILES string of the molecule is CCCCCC(=O)OCc1ccc2oc(=O)c(C(=O)O)cc2c1. The number of carbonyl (C=O) groups is 2. The number of esters is 1. The molecule has 122 valence electrons. The molecule has 0 bridgehead atoms. The Morgan fingerprint density at radius 1 is 1.22 bits per heavy atom. The minimum absolute atomic E-state index is 0.0996. The Hall–Kier alpha value is -2.63. The molecule has 1 aromatic heterocycles. The lowest BCUT2D eigenvalue weighted by molar-refractivity contribution is -0.145. The Balaban J connectivity index is 2.10. The van der Waals surface area contributed by atoms with Gasteiger partial charge in [0.1, 0.15) is 17.8 Å². The molecule has 1 heterocycles. The number of ether oxygens (including phenoxy) is 1. The smallest absolute Gasteiger partial charge is 0.351 e. The maximum Gasteiger partial charge on any atom is 0.351 e. The first-order chi connectivity index (χ1) is 11.0. The summed E-state index contributed by atoms with van der Waals surface area (Å²) in [5.74, 6) is -1.60.